The number of unbranched alkanes of at least 4 members (excludes halogenated alkanes) is 1. The number of aromatic amines is 1. The predicted molar refractivity (Wildman–Crippen MR) is 159 cm³/mol. The molecule has 13 heteroatoms. The molecule has 0 atom stereocenters. The maximum absolute atomic E-state index is 13.4. The predicted octanol–water partition coefficient (Wildman–Crippen LogP) is 1.31. The summed E-state index contributed by atoms with van der Waals surface area (Å²) in [6, 6.07) is 7.76. The molecule has 4 N–H and O–H groups in total. The maximum atomic E-state index is 13.4. The second-order valence-corrected chi connectivity index (χ2v) is 10.5. The molecule has 1 aromatic carbocycles. The Balaban J connectivity index is 1.45. The van der Waals surface area contributed by atoms with Crippen LogP contribution in [-0.2, 0) is 33.8 Å². The Kier molecular flexibility index (Phi) is 11.3. The lowest BCUT2D eigenvalue weighted by Crippen LogP contribution is -2.45. The summed E-state index contributed by atoms with van der Waals surface area (Å²) in [4.78, 5) is 53.3. The van der Waals surface area contributed by atoms with E-state index in [0.717, 1.165) is 50.1 Å². The van der Waals surface area contributed by atoms with Crippen LogP contribution in [0.2, 0.25) is 0 Å². The van der Waals surface area contributed by atoms with Gasteiger partial charge in [-0.15, -0.1) is 0 Å². The fourth-order valence-electron chi connectivity index (χ4n) is 4.89. The highest BCUT2D eigenvalue weighted by Crippen LogP contribution is 2.18. The number of aromatic nitrogens is 4. The van der Waals surface area contributed by atoms with Crippen molar-refractivity contribution < 1.29 is 19.1 Å². The molecule has 13 nitrogen and oxygen atoms in total. The van der Waals surface area contributed by atoms with Crippen molar-refractivity contribution in [3.8, 4) is 6.01 Å². The number of hydrogen-bond acceptors (Lipinski definition) is 10. The number of ether oxygens (including phenoxy) is 2. The largest absolute Gasteiger partial charge is 0.469 e. The number of nitrogen functional groups attached to an aromatic ring is 1. The van der Waals surface area contributed by atoms with Gasteiger partial charge in [-0.3, -0.25) is 14.2 Å². The highest BCUT2D eigenvalue weighted by atomic mass is 16.5. The van der Waals surface area contributed by atoms with E-state index in [-0.39, 0.29) is 35.8 Å². The number of methoxy groups -OCH3 is 1. The number of rotatable bonds is 15. The average molecular weight is 583 g/mol. The Morgan fingerprint density at radius 1 is 1.07 bits per heavy atom. The fraction of sp³-hybridized carbons (Fsp3) is 0.552. The maximum Gasteiger partial charge on any atom is 0.327 e. The number of esters is 1. The van der Waals surface area contributed by atoms with Crippen LogP contribution in [0.3, 0.4) is 0 Å². The van der Waals surface area contributed by atoms with Crippen LogP contribution in [0.15, 0.2) is 29.1 Å². The zero-order valence-electron chi connectivity index (χ0n) is 24.6. The fourth-order valence-corrected chi connectivity index (χ4v) is 4.89. The number of imidazole rings is 1. The smallest absolute Gasteiger partial charge is 0.327 e. The minimum atomic E-state index is -0.338. The monoisotopic (exact) mass is 582 g/mol. The molecule has 228 valence electrons. The summed E-state index contributed by atoms with van der Waals surface area (Å²) < 4.78 is 11.9. The third kappa shape index (κ3) is 8.52. The minimum absolute atomic E-state index is 0.0524. The molecular formula is C29H42N8O5. The van der Waals surface area contributed by atoms with Crippen LogP contribution in [0.25, 0.3) is 11.2 Å². The Morgan fingerprint density at radius 2 is 1.81 bits per heavy atom. The number of H-pyrrole nitrogens is 1. The molecular weight excluding hydrogens is 540 g/mol. The number of nitrogens with two attached hydrogens (primary N) is 1. The van der Waals surface area contributed by atoms with E-state index in [4.69, 9.17) is 15.2 Å². The van der Waals surface area contributed by atoms with E-state index < -0.39 is 0 Å². The first-order chi connectivity index (χ1) is 20.4. The van der Waals surface area contributed by atoms with Crippen LogP contribution in [-0.4, -0.2) is 94.2 Å². The molecule has 1 fully saturated rings. The normalized spacial score (nSPS) is 13.8. The number of carbonyl (C=O) groups is 2. The van der Waals surface area contributed by atoms with Crippen molar-refractivity contribution in [1.82, 2.24) is 34.6 Å². The number of aryl methyl sites for hydroxylation is 1. The number of benzene rings is 1. The summed E-state index contributed by atoms with van der Waals surface area (Å²) in [5.74, 6) is -0.0917. The summed E-state index contributed by atoms with van der Waals surface area (Å²) in [6.45, 7) is 8.13. The zero-order chi connectivity index (χ0) is 29.9. The molecule has 4 rings (SSSR count). The second-order valence-electron chi connectivity index (χ2n) is 10.5. The van der Waals surface area contributed by atoms with Crippen molar-refractivity contribution in [3.05, 3.63) is 45.9 Å². The summed E-state index contributed by atoms with van der Waals surface area (Å²) in [6.07, 6.45) is 2.96. The van der Waals surface area contributed by atoms with Gasteiger partial charge in [-0.05, 0) is 24.0 Å². The molecule has 1 amide bonds. The van der Waals surface area contributed by atoms with Crippen molar-refractivity contribution in [2.45, 2.75) is 52.1 Å². The summed E-state index contributed by atoms with van der Waals surface area (Å²) in [7, 11) is 1.37. The molecule has 42 heavy (non-hydrogen) atoms. The van der Waals surface area contributed by atoms with Gasteiger partial charge in [0.1, 0.15) is 5.52 Å². The molecule has 1 aliphatic rings. The molecule has 0 radical (unpaired) electrons. The zero-order valence-corrected chi connectivity index (χ0v) is 24.6. The second kappa shape index (κ2) is 15.3. The van der Waals surface area contributed by atoms with Gasteiger partial charge in [0, 0.05) is 58.8 Å². The molecule has 0 bridgehead atoms. The van der Waals surface area contributed by atoms with Crippen molar-refractivity contribution in [2.75, 3.05) is 58.7 Å². The molecule has 0 saturated carbocycles. The molecule has 3 heterocycles. The molecule has 1 saturated heterocycles. The first-order valence-corrected chi connectivity index (χ1v) is 14.6. The van der Waals surface area contributed by atoms with E-state index in [1.807, 2.05) is 29.2 Å². The third-order valence-electron chi connectivity index (χ3n) is 7.35. The van der Waals surface area contributed by atoms with Crippen molar-refractivity contribution in [3.63, 3.8) is 0 Å². The van der Waals surface area contributed by atoms with E-state index in [1.54, 1.807) is 0 Å². The first-order valence-electron chi connectivity index (χ1n) is 14.6. The molecule has 1 aliphatic heterocycles. The Hall–Kier alpha value is -3.97. The van der Waals surface area contributed by atoms with Gasteiger partial charge in [-0.2, -0.15) is 9.97 Å². The number of anilines is 1. The van der Waals surface area contributed by atoms with Gasteiger partial charge in [-0.25, -0.2) is 4.79 Å². The summed E-state index contributed by atoms with van der Waals surface area (Å²) in [5, 5.41) is 3.33. The number of carbonyl (C=O) groups excluding carboxylic acids is 2. The number of nitrogens with one attached hydrogen (secondary N) is 2. The lowest BCUT2D eigenvalue weighted by atomic mass is 10.1. The number of nitrogens with zero attached hydrogens (tertiary/aromatic N) is 5. The lowest BCUT2D eigenvalue weighted by Gasteiger charge is -2.28. The van der Waals surface area contributed by atoms with Crippen LogP contribution >= 0.6 is 0 Å². The van der Waals surface area contributed by atoms with Crippen LogP contribution in [0.1, 0.15) is 43.7 Å². The molecule has 3 aromatic rings. The van der Waals surface area contributed by atoms with Crippen molar-refractivity contribution in [2.24, 2.45) is 0 Å². The number of fused-ring (bicyclic) bond motifs is 1. The molecule has 0 aliphatic carbocycles. The summed E-state index contributed by atoms with van der Waals surface area (Å²) in [5.41, 5.74) is 8.31. The Morgan fingerprint density at radius 3 is 2.52 bits per heavy atom. The van der Waals surface area contributed by atoms with E-state index in [1.165, 1.54) is 11.7 Å². The van der Waals surface area contributed by atoms with Gasteiger partial charge < -0.3 is 35.3 Å². The first kappa shape index (κ1) is 31.0. The average Bonchev–Trinajstić information content (AvgIpc) is 3.32. The van der Waals surface area contributed by atoms with Gasteiger partial charge in [0.15, 0.2) is 11.5 Å². The van der Waals surface area contributed by atoms with Crippen molar-refractivity contribution in [1.29, 1.82) is 0 Å². The van der Waals surface area contributed by atoms with E-state index in [0.29, 0.717) is 56.8 Å². The van der Waals surface area contributed by atoms with Crippen LogP contribution in [0, 0.1) is 0 Å². The quantitative estimate of drug-likeness (QED) is 0.176. The van der Waals surface area contributed by atoms with E-state index >= 15 is 0 Å². The Bertz CT molecular complexity index is 1380. The summed E-state index contributed by atoms with van der Waals surface area (Å²) >= 11 is 0. The van der Waals surface area contributed by atoms with Gasteiger partial charge in [0.25, 0.3) is 0 Å². The number of piperazine rings is 1. The topological polar surface area (TPSA) is 161 Å². The van der Waals surface area contributed by atoms with Crippen LogP contribution in [0.4, 0.5) is 5.82 Å². The minimum Gasteiger partial charge on any atom is -0.469 e. The van der Waals surface area contributed by atoms with Crippen molar-refractivity contribution >= 4 is 28.9 Å². The van der Waals surface area contributed by atoms with Gasteiger partial charge in [-0.1, -0.05) is 37.6 Å². The van der Waals surface area contributed by atoms with Gasteiger partial charge >= 0.3 is 17.7 Å². The van der Waals surface area contributed by atoms with E-state index in [2.05, 4.69) is 32.1 Å². The lowest BCUT2D eigenvalue weighted by molar-refractivity contribution is -0.139. The SMILES string of the molecule is CCCCOc1nc(N)c2[nH]c(=O)n(CCCN(Cc3ccc(CC(=O)OC)cc3)C(=O)CCN3CCNCC3)c2n1. The third-order valence-corrected chi connectivity index (χ3v) is 7.35. The highest BCUT2D eigenvalue weighted by molar-refractivity contribution is 5.82. The number of hydrogen-bond donors (Lipinski definition) is 3. The molecule has 0 unspecified atom stereocenters. The highest BCUT2D eigenvalue weighted by Gasteiger charge is 2.19. The van der Waals surface area contributed by atoms with Crippen LogP contribution in [0.5, 0.6) is 6.01 Å². The van der Waals surface area contributed by atoms with Gasteiger partial charge in [0.05, 0.1) is 20.1 Å². The molecule has 0 spiro atoms. The standard InChI is InChI=1S/C29H42N8O5/c1-3-4-18-42-28-33-26(30)25-27(34-28)37(29(40)32-25)14-5-13-36(23(38)10-15-35-16-11-31-12-17-35)20-22-8-6-21(7-9-22)19-24(39)41-2/h6-9,31H,3-5,10-20H2,1-2H3,(H,32,40)(H2,30,33,34). The van der Waals surface area contributed by atoms with Crippen LogP contribution < -0.4 is 21.5 Å². The number of amides is 1. The Labute approximate surface area is 245 Å². The van der Waals surface area contributed by atoms with Gasteiger partial charge in [0.2, 0.25) is 5.91 Å². The molecule has 2 aromatic heterocycles. The van der Waals surface area contributed by atoms with E-state index in [9.17, 15) is 14.4 Å².